The molecular weight excluding hydrogens is 503 g/mol. The number of ether oxygens (including phenoxy) is 2. The Morgan fingerprint density at radius 1 is 0.970 bits per heavy atom. The highest BCUT2D eigenvalue weighted by atomic mass is 79.9. The number of hydrogen-bond donors (Lipinski definition) is 0. The van der Waals surface area contributed by atoms with Crippen LogP contribution in [0.5, 0.6) is 11.5 Å². The molecule has 3 aromatic carbocycles. The molecule has 0 atom stereocenters. The Bertz CT molecular complexity index is 1090. The number of benzene rings is 3. The van der Waals surface area contributed by atoms with Crippen molar-refractivity contribution >= 4 is 33.1 Å². The van der Waals surface area contributed by atoms with Gasteiger partial charge in [-0.1, -0.05) is 54.7 Å². The van der Waals surface area contributed by atoms with Crippen molar-refractivity contribution in [3.05, 3.63) is 93.7 Å². The van der Waals surface area contributed by atoms with Gasteiger partial charge in [-0.3, -0.25) is 4.90 Å². The molecule has 1 aliphatic heterocycles. The molecule has 4 nitrogen and oxygen atoms in total. The summed E-state index contributed by atoms with van der Waals surface area (Å²) in [6, 6.07) is 20.7. The molecule has 1 aliphatic rings. The number of rotatable bonds is 7. The molecule has 0 N–H and O–H groups in total. The third kappa shape index (κ3) is 6.10. The van der Waals surface area contributed by atoms with E-state index in [2.05, 4.69) is 50.0 Å². The van der Waals surface area contributed by atoms with Crippen LogP contribution in [0.3, 0.4) is 0 Å². The Balaban J connectivity index is 1.39. The van der Waals surface area contributed by atoms with Crippen molar-refractivity contribution < 1.29 is 13.9 Å². The monoisotopic (exact) mass is 528 g/mol. The molecule has 0 amide bonds. The first-order valence-corrected chi connectivity index (χ1v) is 12.0. The maximum absolute atomic E-state index is 13.1. The summed E-state index contributed by atoms with van der Waals surface area (Å²) >= 11 is 9.44. The lowest BCUT2D eigenvalue weighted by Gasteiger charge is -2.36. The predicted molar refractivity (Wildman–Crippen MR) is 136 cm³/mol. The number of halogens is 2. The number of thiocarbonyl (C=S) groups is 1. The van der Waals surface area contributed by atoms with Crippen molar-refractivity contribution in [3.63, 3.8) is 0 Å². The number of nitrogens with zero attached hydrogens (tertiary/aromatic N) is 2. The van der Waals surface area contributed by atoms with Gasteiger partial charge in [0.1, 0.15) is 17.4 Å². The normalized spacial score (nSPS) is 14.2. The van der Waals surface area contributed by atoms with Crippen LogP contribution in [0.1, 0.15) is 16.7 Å². The van der Waals surface area contributed by atoms with Gasteiger partial charge < -0.3 is 14.4 Å². The van der Waals surface area contributed by atoms with E-state index in [-0.39, 0.29) is 5.82 Å². The van der Waals surface area contributed by atoms with Crippen LogP contribution in [0.2, 0.25) is 0 Å². The molecule has 0 bridgehead atoms. The van der Waals surface area contributed by atoms with Gasteiger partial charge >= 0.3 is 0 Å². The minimum Gasteiger partial charge on any atom is -0.493 e. The predicted octanol–water partition coefficient (Wildman–Crippen LogP) is 5.67. The largest absolute Gasteiger partial charge is 0.493 e. The number of methoxy groups -OCH3 is 1. The molecule has 1 saturated heterocycles. The van der Waals surface area contributed by atoms with Crippen LogP contribution in [0.15, 0.2) is 71.2 Å². The minimum absolute atomic E-state index is 0.267. The van der Waals surface area contributed by atoms with Gasteiger partial charge in [0.15, 0.2) is 11.5 Å². The van der Waals surface area contributed by atoms with Gasteiger partial charge in [-0.15, -0.1) is 0 Å². The van der Waals surface area contributed by atoms with E-state index in [4.69, 9.17) is 21.7 Å². The Hall–Kier alpha value is -2.48. The maximum atomic E-state index is 13.1. The van der Waals surface area contributed by atoms with Crippen molar-refractivity contribution in [1.82, 2.24) is 9.80 Å². The zero-order valence-electron chi connectivity index (χ0n) is 18.5. The highest BCUT2D eigenvalue weighted by Gasteiger charge is 2.22. The number of hydrogen-bond acceptors (Lipinski definition) is 4. The summed E-state index contributed by atoms with van der Waals surface area (Å²) in [5.41, 5.74) is 3.12. The summed E-state index contributed by atoms with van der Waals surface area (Å²) in [6.07, 6.45) is 0. The quantitative estimate of drug-likeness (QED) is 0.368. The fraction of sp³-hybridized carbons (Fsp3) is 0.269. The molecule has 1 fully saturated rings. The molecule has 0 unspecified atom stereocenters. The van der Waals surface area contributed by atoms with Crippen LogP contribution in [0, 0.1) is 5.82 Å². The first-order valence-electron chi connectivity index (χ1n) is 10.8. The Morgan fingerprint density at radius 3 is 2.33 bits per heavy atom. The zero-order valence-corrected chi connectivity index (χ0v) is 20.9. The third-order valence-electron chi connectivity index (χ3n) is 5.68. The summed E-state index contributed by atoms with van der Waals surface area (Å²) in [5.74, 6) is 0.934. The Morgan fingerprint density at radius 2 is 1.67 bits per heavy atom. The highest BCUT2D eigenvalue weighted by molar-refractivity contribution is 9.10. The summed E-state index contributed by atoms with van der Waals surface area (Å²) in [4.78, 5) is 5.51. The van der Waals surface area contributed by atoms with E-state index in [1.54, 1.807) is 19.2 Å². The third-order valence-corrected chi connectivity index (χ3v) is 6.76. The minimum atomic E-state index is -0.267. The molecule has 33 heavy (non-hydrogen) atoms. The zero-order chi connectivity index (χ0) is 23.2. The van der Waals surface area contributed by atoms with Gasteiger partial charge in [0, 0.05) is 38.3 Å². The SMILES string of the molecule is COc1cc(C(=S)N2CCN(Cc3ccccc3)CC2)cc(Br)c1OCc1ccc(F)cc1. The second-order valence-corrected chi connectivity index (χ2v) is 9.20. The maximum Gasteiger partial charge on any atom is 0.175 e. The molecule has 4 rings (SSSR count). The lowest BCUT2D eigenvalue weighted by molar-refractivity contribution is 0.177. The van der Waals surface area contributed by atoms with Gasteiger partial charge in [0.05, 0.1) is 11.6 Å². The van der Waals surface area contributed by atoms with E-state index in [9.17, 15) is 4.39 Å². The first-order chi connectivity index (χ1) is 16.0. The van der Waals surface area contributed by atoms with Gasteiger partial charge in [-0.25, -0.2) is 4.39 Å². The summed E-state index contributed by atoms with van der Waals surface area (Å²) in [5, 5.41) is 0. The van der Waals surface area contributed by atoms with E-state index in [1.807, 2.05) is 18.2 Å². The summed E-state index contributed by atoms with van der Waals surface area (Å²) in [6.45, 7) is 4.96. The van der Waals surface area contributed by atoms with Gasteiger partial charge in [0.25, 0.3) is 0 Å². The van der Waals surface area contributed by atoms with Crippen LogP contribution in [0.25, 0.3) is 0 Å². The van der Waals surface area contributed by atoms with Crippen LogP contribution in [-0.2, 0) is 13.2 Å². The second-order valence-electron chi connectivity index (χ2n) is 7.96. The molecule has 0 radical (unpaired) electrons. The number of piperazine rings is 1. The summed E-state index contributed by atoms with van der Waals surface area (Å²) < 4.78 is 25.5. The van der Waals surface area contributed by atoms with Gasteiger partial charge in [-0.2, -0.15) is 0 Å². The van der Waals surface area contributed by atoms with Crippen LogP contribution < -0.4 is 9.47 Å². The van der Waals surface area contributed by atoms with Crippen molar-refractivity contribution in [2.24, 2.45) is 0 Å². The smallest absolute Gasteiger partial charge is 0.175 e. The molecule has 3 aromatic rings. The van der Waals surface area contributed by atoms with E-state index < -0.39 is 0 Å². The van der Waals surface area contributed by atoms with E-state index in [0.717, 1.165) is 53.3 Å². The molecule has 0 saturated carbocycles. The van der Waals surface area contributed by atoms with Crippen LogP contribution in [0.4, 0.5) is 4.39 Å². The van der Waals surface area contributed by atoms with Gasteiger partial charge in [-0.05, 0) is 51.3 Å². The lowest BCUT2D eigenvalue weighted by Crippen LogP contribution is -2.48. The highest BCUT2D eigenvalue weighted by Crippen LogP contribution is 2.37. The molecular formula is C26H26BrFN2O2S. The van der Waals surface area contributed by atoms with Crippen molar-refractivity contribution in [2.75, 3.05) is 33.3 Å². The van der Waals surface area contributed by atoms with Crippen molar-refractivity contribution in [1.29, 1.82) is 0 Å². The van der Waals surface area contributed by atoms with E-state index in [0.29, 0.717) is 18.1 Å². The van der Waals surface area contributed by atoms with Crippen LogP contribution in [-0.4, -0.2) is 48.1 Å². The fourth-order valence-corrected chi connectivity index (χ4v) is 4.71. The average Bonchev–Trinajstić information content (AvgIpc) is 2.84. The standard InChI is InChI=1S/C26H26BrFN2O2S/c1-31-24-16-21(15-23(27)25(24)32-18-20-7-9-22(28)10-8-20)26(33)30-13-11-29(12-14-30)17-19-5-3-2-4-6-19/h2-10,15-16H,11-14,17-18H2,1H3. The molecule has 0 aliphatic carbocycles. The van der Waals surface area contributed by atoms with Crippen molar-refractivity contribution in [3.8, 4) is 11.5 Å². The molecule has 172 valence electrons. The van der Waals surface area contributed by atoms with E-state index >= 15 is 0 Å². The fourth-order valence-electron chi connectivity index (χ4n) is 3.85. The topological polar surface area (TPSA) is 24.9 Å². The summed E-state index contributed by atoms with van der Waals surface area (Å²) in [7, 11) is 1.61. The molecule has 1 heterocycles. The molecule has 0 spiro atoms. The lowest BCUT2D eigenvalue weighted by atomic mass is 10.1. The molecule has 7 heteroatoms. The van der Waals surface area contributed by atoms with Crippen LogP contribution >= 0.6 is 28.1 Å². The Labute approximate surface area is 208 Å². The second kappa shape index (κ2) is 11.1. The van der Waals surface area contributed by atoms with Crippen molar-refractivity contribution in [2.45, 2.75) is 13.2 Å². The molecule has 0 aromatic heterocycles. The first kappa shape index (κ1) is 23.7. The average molecular weight is 529 g/mol. The van der Waals surface area contributed by atoms with E-state index in [1.165, 1.54) is 17.7 Å². The van der Waals surface area contributed by atoms with Gasteiger partial charge in [0.2, 0.25) is 0 Å². The Kier molecular flexibility index (Phi) is 7.96.